The summed E-state index contributed by atoms with van der Waals surface area (Å²) in [4.78, 5) is 24.3. The number of carbonyl (C=O) groups is 1. The molecule has 7 nitrogen and oxygen atoms in total. The summed E-state index contributed by atoms with van der Waals surface area (Å²) in [5.74, 6) is 0.907. The third-order valence-electron chi connectivity index (χ3n) is 4.96. The van der Waals surface area contributed by atoms with Gasteiger partial charge in [-0.3, -0.25) is 9.59 Å². The monoisotopic (exact) mass is 511 g/mol. The van der Waals surface area contributed by atoms with Crippen molar-refractivity contribution in [1.82, 2.24) is 5.32 Å². The lowest BCUT2D eigenvalue weighted by Gasteiger charge is -2.19. The number of ether oxygens (including phenoxy) is 3. The summed E-state index contributed by atoms with van der Waals surface area (Å²) in [5, 5.41) is 13.2. The van der Waals surface area contributed by atoms with Crippen LogP contribution >= 0.6 is 22.6 Å². The summed E-state index contributed by atoms with van der Waals surface area (Å²) in [5.41, 5.74) is 2.49. The van der Waals surface area contributed by atoms with Gasteiger partial charge in [-0.15, -0.1) is 0 Å². The van der Waals surface area contributed by atoms with Crippen molar-refractivity contribution in [3.8, 4) is 34.1 Å². The van der Waals surface area contributed by atoms with Crippen LogP contribution < -0.4 is 25.0 Å². The van der Waals surface area contributed by atoms with Crippen molar-refractivity contribution in [1.29, 1.82) is 0 Å². The number of hydrogen-bond donors (Lipinski definition) is 2. The molecule has 0 aromatic heterocycles. The zero-order valence-electron chi connectivity index (χ0n) is 16.6. The molecular formula is C21H22INO6. The molecule has 0 spiro atoms. The molecule has 0 aliphatic heterocycles. The van der Waals surface area contributed by atoms with E-state index < -0.39 is 11.5 Å². The number of carbonyl (C=O) groups excluding carboxylic acids is 1. The SMILES string of the molecule is COc1cc2c(c(OC)c1OC)-c1cc(I)c(O)c(=O)cc1C(NC(C)=O)CC2. The Labute approximate surface area is 182 Å². The molecule has 0 saturated heterocycles. The van der Waals surface area contributed by atoms with E-state index in [-0.39, 0.29) is 11.7 Å². The molecule has 1 amide bonds. The second-order valence-electron chi connectivity index (χ2n) is 6.69. The molecule has 3 rings (SSSR count). The van der Waals surface area contributed by atoms with Crippen LogP contribution in [0.4, 0.5) is 0 Å². The summed E-state index contributed by atoms with van der Waals surface area (Å²) in [6.07, 6.45) is 1.19. The predicted octanol–water partition coefficient (Wildman–Crippen LogP) is 3.17. The second kappa shape index (κ2) is 8.48. The van der Waals surface area contributed by atoms with Crippen LogP contribution in [0, 0.1) is 3.57 Å². The summed E-state index contributed by atoms with van der Waals surface area (Å²) in [7, 11) is 4.62. The van der Waals surface area contributed by atoms with E-state index in [1.807, 2.05) is 28.7 Å². The fraction of sp³-hybridized carbons (Fsp3) is 0.333. The van der Waals surface area contributed by atoms with Crippen LogP contribution in [0.15, 0.2) is 23.0 Å². The molecule has 2 aromatic carbocycles. The highest BCUT2D eigenvalue weighted by Gasteiger charge is 2.29. The smallest absolute Gasteiger partial charge is 0.221 e. The van der Waals surface area contributed by atoms with E-state index in [9.17, 15) is 14.7 Å². The fourth-order valence-electron chi connectivity index (χ4n) is 3.74. The first-order chi connectivity index (χ1) is 13.8. The Hall–Kier alpha value is -2.49. The van der Waals surface area contributed by atoms with Gasteiger partial charge in [-0.05, 0) is 70.3 Å². The molecule has 0 saturated carbocycles. The number of amides is 1. The van der Waals surface area contributed by atoms with Crippen molar-refractivity contribution in [2.24, 2.45) is 0 Å². The number of fused-ring (bicyclic) bond motifs is 3. The lowest BCUT2D eigenvalue weighted by molar-refractivity contribution is -0.119. The Morgan fingerprint density at radius 3 is 2.41 bits per heavy atom. The molecule has 1 aliphatic carbocycles. The summed E-state index contributed by atoms with van der Waals surface area (Å²) in [6, 6.07) is 4.61. The number of aromatic hydroxyl groups is 1. The Balaban J connectivity index is 2.46. The number of hydrogen-bond acceptors (Lipinski definition) is 6. The van der Waals surface area contributed by atoms with Gasteiger partial charge in [0.1, 0.15) is 0 Å². The van der Waals surface area contributed by atoms with Crippen LogP contribution in [-0.2, 0) is 11.2 Å². The number of aryl methyl sites for hydroxylation is 1. The molecule has 1 aliphatic rings. The lowest BCUT2D eigenvalue weighted by Crippen LogP contribution is -2.26. The van der Waals surface area contributed by atoms with Crippen molar-refractivity contribution in [2.75, 3.05) is 21.3 Å². The normalized spacial score (nSPS) is 14.9. The average molecular weight is 511 g/mol. The minimum Gasteiger partial charge on any atom is -0.503 e. The predicted molar refractivity (Wildman–Crippen MR) is 117 cm³/mol. The highest BCUT2D eigenvalue weighted by molar-refractivity contribution is 14.1. The summed E-state index contributed by atoms with van der Waals surface area (Å²) < 4.78 is 17.1. The van der Waals surface area contributed by atoms with Crippen molar-refractivity contribution < 1.29 is 24.1 Å². The molecule has 2 N–H and O–H groups in total. The van der Waals surface area contributed by atoms with E-state index in [0.717, 1.165) is 11.1 Å². The molecule has 29 heavy (non-hydrogen) atoms. The standard InChI is InChI=1S/C21H22INO6/c1-10(24)23-15-6-5-11-7-17(27-2)20(28-3)21(29-4)18(11)13-8-14(22)19(26)16(25)9-12(13)15/h7-9,15H,5-6H2,1-4H3,(H,23,24)(H,25,26). The largest absolute Gasteiger partial charge is 0.503 e. The van der Waals surface area contributed by atoms with Crippen molar-refractivity contribution in [2.45, 2.75) is 25.8 Å². The first-order valence-corrected chi connectivity index (χ1v) is 10.1. The molecular weight excluding hydrogens is 489 g/mol. The van der Waals surface area contributed by atoms with E-state index >= 15 is 0 Å². The summed E-state index contributed by atoms with van der Waals surface area (Å²) >= 11 is 1.93. The maximum Gasteiger partial charge on any atom is 0.221 e. The van der Waals surface area contributed by atoms with E-state index in [1.54, 1.807) is 13.2 Å². The van der Waals surface area contributed by atoms with Crippen LogP contribution in [0.3, 0.4) is 0 Å². The first kappa shape index (κ1) is 21.2. The third-order valence-corrected chi connectivity index (χ3v) is 5.79. The fourth-order valence-corrected chi connectivity index (χ4v) is 4.32. The van der Waals surface area contributed by atoms with Gasteiger partial charge >= 0.3 is 0 Å². The molecule has 0 fully saturated rings. The minimum absolute atomic E-state index is 0.202. The Kier molecular flexibility index (Phi) is 6.21. The first-order valence-electron chi connectivity index (χ1n) is 8.98. The van der Waals surface area contributed by atoms with E-state index in [0.29, 0.717) is 44.8 Å². The molecule has 1 atom stereocenters. The maximum absolute atomic E-state index is 12.5. The highest BCUT2D eigenvalue weighted by atomic mass is 127. The van der Waals surface area contributed by atoms with Gasteiger partial charge in [0.15, 0.2) is 17.2 Å². The zero-order chi connectivity index (χ0) is 21.3. The maximum atomic E-state index is 12.5. The lowest BCUT2D eigenvalue weighted by atomic mass is 9.95. The number of rotatable bonds is 4. The zero-order valence-corrected chi connectivity index (χ0v) is 18.7. The molecule has 0 bridgehead atoms. The van der Waals surface area contributed by atoms with Crippen molar-refractivity contribution in [3.63, 3.8) is 0 Å². The van der Waals surface area contributed by atoms with Gasteiger partial charge in [0.2, 0.25) is 17.1 Å². The Bertz CT molecular complexity index is 1040. The van der Waals surface area contributed by atoms with Crippen LogP contribution in [0.5, 0.6) is 23.0 Å². The molecule has 0 radical (unpaired) electrons. The second-order valence-corrected chi connectivity index (χ2v) is 7.85. The van der Waals surface area contributed by atoms with Gasteiger partial charge in [-0.1, -0.05) is 0 Å². The van der Waals surface area contributed by atoms with Gasteiger partial charge in [0.25, 0.3) is 0 Å². The van der Waals surface area contributed by atoms with Crippen LogP contribution in [-0.4, -0.2) is 32.3 Å². The van der Waals surface area contributed by atoms with Gasteiger partial charge in [0, 0.05) is 12.5 Å². The van der Waals surface area contributed by atoms with E-state index in [2.05, 4.69) is 5.32 Å². The van der Waals surface area contributed by atoms with Gasteiger partial charge < -0.3 is 24.6 Å². The molecule has 0 heterocycles. The van der Waals surface area contributed by atoms with Gasteiger partial charge in [0.05, 0.1) is 30.9 Å². The third kappa shape index (κ3) is 3.85. The number of nitrogens with one attached hydrogen (secondary N) is 1. The van der Waals surface area contributed by atoms with Crippen molar-refractivity contribution >= 4 is 28.5 Å². The highest BCUT2D eigenvalue weighted by Crippen LogP contribution is 2.50. The van der Waals surface area contributed by atoms with Crippen LogP contribution in [0.2, 0.25) is 0 Å². The topological polar surface area (TPSA) is 94.1 Å². The number of methoxy groups -OCH3 is 3. The van der Waals surface area contributed by atoms with Crippen LogP contribution in [0.1, 0.15) is 30.5 Å². The Morgan fingerprint density at radius 1 is 1.14 bits per heavy atom. The minimum atomic E-state index is -0.506. The molecule has 154 valence electrons. The average Bonchev–Trinajstić information content (AvgIpc) is 2.89. The molecule has 1 unspecified atom stereocenters. The quantitative estimate of drug-likeness (QED) is 0.613. The Morgan fingerprint density at radius 2 is 1.83 bits per heavy atom. The van der Waals surface area contributed by atoms with E-state index in [4.69, 9.17) is 14.2 Å². The number of benzene rings is 1. The number of halogens is 1. The van der Waals surface area contributed by atoms with Gasteiger partial charge in [-0.25, -0.2) is 0 Å². The molecule has 2 aromatic rings. The van der Waals surface area contributed by atoms with Crippen LogP contribution in [0.25, 0.3) is 11.1 Å². The summed E-state index contributed by atoms with van der Waals surface area (Å²) in [6.45, 7) is 1.44. The van der Waals surface area contributed by atoms with E-state index in [1.165, 1.54) is 27.2 Å². The van der Waals surface area contributed by atoms with Crippen molar-refractivity contribution in [3.05, 3.63) is 43.1 Å². The molecule has 8 heteroatoms. The van der Waals surface area contributed by atoms with Gasteiger partial charge in [-0.2, -0.15) is 0 Å².